The fourth-order valence-corrected chi connectivity index (χ4v) is 4.43. The van der Waals surface area contributed by atoms with Crippen molar-refractivity contribution in [1.29, 1.82) is 0 Å². The maximum atomic E-state index is 10.5. The number of likely N-dealkylation sites (tertiary alicyclic amines) is 1. The molecular weight excluding hydrogens is 352 g/mol. The molecule has 1 aromatic carbocycles. The molecule has 1 aliphatic rings. The molecule has 2 aromatic heterocycles. The first-order valence-electron chi connectivity index (χ1n) is 10.0. The number of piperidine rings is 1. The van der Waals surface area contributed by atoms with Crippen LogP contribution >= 0.6 is 0 Å². The zero-order chi connectivity index (χ0) is 19.6. The summed E-state index contributed by atoms with van der Waals surface area (Å²) < 4.78 is 1.84. The summed E-state index contributed by atoms with van der Waals surface area (Å²) in [5.41, 5.74) is 3.64. The van der Waals surface area contributed by atoms with Crippen molar-refractivity contribution >= 4 is 5.65 Å². The number of hydrogen-bond donors (Lipinski definition) is 2. The molecule has 0 radical (unpaired) electrons. The predicted molar refractivity (Wildman–Crippen MR) is 109 cm³/mol. The molecule has 1 aliphatic heterocycles. The van der Waals surface area contributed by atoms with E-state index in [1.165, 1.54) is 0 Å². The number of hydrogen-bond acceptors (Lipinski definition) is 5. The molecule has 4 rings (SSSR count). The van der Waals surface area contributed by atoms with Crippen molar-refractivity contribution in [3.05, 3.63) is 54.5 Å². The van der Waals surface area contributed by atoms with E-state index in [0.717, 1.165) is 48.3 Å². The van der Waals surface area contributed by atoms with Gasteiger partial charge in [0, 0.05) is 48.6 Å². The topological polar surface area (TPSA) is 73.9 Å². The van der Waals surface area contributed by atoms with Gasteiger partial charge in [0.15, 0.2) is 5.65 Å². The minimum absolute atomic E-state index is 0.0232. The fraction of sp³-hybridized carbons (Fsp3) is 0.455. The van der Waals surface area contributed by atoms with Crippen LogP contribution in [0, 0.1) is 5.41 Å². The van der Waals surface area contributed by atoms with E-state index in [-0.39, 0.29) is 6.61 Å². The van der Waals surface area contributed by atoms with Gasteiger partial charge in [0.05, 0.1) is 18.9 Å². The van der Waals surface area contributed by atoms with Crippen LogP contribution in [0.2, 0.25) is 0 Å². The van der Waals surface area contributed by atoms with Crippen molar-refractivity contribution in [2.24, 2.45) is 5.41 Å². The van der Waals surface area contributed by atoms with Crippen molar-refractivity contribution in [2.45, 2.75) is 38.8 Å². The van der Waals surface area contributed by atoms with E-state index >= 15 is 0 Å². The lowest BCUT2D eigenvalue weighted by atomic mass is 9.74. The molecule has 28 heavy (non-hydrogen) atoms. The third-order valence-electron chi connectivity index (χ3n) is 5.93. The summed E-state index contributed by atoms with van der Waals surface area (Å²) >= 11 is 0. The lowest BCUT2D eigenvalue weighted by Crippen LogP contribution is -2.53. The average molecular weight is 380 g/mol. The van der Waals surface area contributed by atoms with Crippen molar-refractivity contribution in [3.63, 3.8) is 0 Å². The summed E-state index contributed by atoms with van der Waals surface area (Å²) in [5, 5.41) is 24.9. The lowest BCUT2D eigenvalue weighted by molar-refractivity contribution is -0.0820. The van der Waals surface area contributed by atoms with Gasteiger partial charge in [-0.2, -0.15) is 5.10 Å². The van der Waals surface area contributed by atoms with Gasteiger partial charge in [-0.05, 0) is 18.4 Å². The van der Waals surface area contributed by atoms with Crippen LogP contribution in [0.1, 0.15) is 31.7 Å². The van der Waals surface area contributed by atoms with E-state index in [2.05, 4.69) is 34.0 Å². The molecule has 2 atom stereocenters. The second-order valence-corrected chi connectivity index (χ2v) is 7.94. The quantitative estimate of drug-likeness (QED) is 0.688. The molecule has 3 aromatic rings. The van der Waals surface area contributed by atoms with Crippen LogP contribution in [0.15, 0.2) is 48.9 Å². The Balaban J connectivity index is 1.54. The molecule has 3 heterocycles. The molecule has 0 saturated carbocycles. The highest BCUT2D eigenvalue weighted by Gasteiger charge is 2.41. The number of fused-ring (bicyclic) bond motifs is 1. The highest BCUT2D eigenvalue weighted by molar-refractivity contribution is 5.76. The highest BCUT2D eigenvalue weighted by atomic mass is 16.3. The minimum atomic E-state index is -0.436. The van der Waals surface area contributed by atoms with Crippen molar-refractivity contribution < 1.29 is 10.2 Å². The summed E-state index contributed by atoms with van der Waals surface area (Å²) in [6, 6.07) is 10.2. The van der Waals surface area contributed by atoms with Crippen LogP contribution in [0.5, 0.6) is 0 Å². The summed E-state index contributed by atoms with van der Waals surface area (Å²) in [5.74, 6) is 0. The SMILES string of the molecule is CCC[C@@]1(CO)CN(Cc2cnc3c(-c4ccccc4)cnn3c2)CC[C@H]1O. The zero-order valence-electron chi connectivity index (χ0n) is 16.3. The van der Waals surface area contributed by atoms with E-state index in [1.807, 2.05) is 41.3 Å². The van der Waals surface area contributed by atoms with Gasteiger partial charge in [-0.15, -0.1) is 0 Å². The van der Waals surface area contributed by atoms with E-state index in [0.29, 0.717) is 13.0 Å². The van der Waals surface area contributed by atoms with Crippen LogP contribution in [-0.2, 0) is 6.54 Å². The molecule has 6 heteroatoms. The van der Waals surface area contributed by atoms with E-state index < -0.39 is 11.5 Å². The van der Waals surface area contributed by atoms with Gasteiger partial charge in [0.1, 0.15) is 0 Å². The third kappa shape index (κ3) is 3.55. The van der Waals surface area contributed by atoms with E-state index in [9.17, 15) is 10.2 Å². The standard InChI is InChI=1S/C22H28N4O2/c1-2-9-22(16-27)15-25(10-8-20(22)28)13-17-11-23-21-19(12-24-26(21)14-17)18-6-4-3-5-7-18/h3-7,11-12,14,20,27-28H,2,8-10,13,15-16H2,1H3/t20-,22+/m1/s1. The van der Waals surface area contributed by atoms with Crippen molar-refractivity contribution in [2.75, 3.05) is 19.7 Å². The van der Waals surface area contributed by atoms with Crippen LogP contribution in [0.3, 0.4) is 0 Å². The van der Waals surface area contributed by atoms with Crippen LogP contribution < -0.4 is 0 Å². The van der Waals surface area contributed by atoms with E-state index in [1.54, 1.807) is 0 Å². The molecule has 6 nitrogen and oxygen atoms in total. The van der Waals surface area contributed by atoms with Crippen LogP contribution in [0.4, 0.5) is 0 Å². The maximum absolute atomic E-state index is 10.5. The molecule has 0 amide bonds. The Kier molecular flexibility index (Phi) is 5.44. The Morgan fingerprint density at radius 2 is 2.04 bits per heavy atom. The Hall–Kier alpha value is -2.28. The summed E-state index contributed by atoms with van der Waals surface area (Å²) in [7, 11) is 0. The minimum Gasteiger partial charge on any atom is -0.396 e. The van der Waals surface area contributed by atoms with Gasteiger partial charge >= 0.3 is 0 Å². The summed E-state index contributed by atoms with van der Waals surface area (Å²) in [6.07, 6.45) is 7.84. The summed E-state index contributed by atoms with van der Waals surface area (Å²) in [6.45, 7) is 4.38. The number of nitrogens with zero attached hydrogens (tertiary/aromatic N) is 4. The Morgan fingerprint density at radius 3 is 2.79 bits per heavy atom. The number of rotatable bonds is 6. The van der Waals surface area contributed by atoms with Crippen LogP contribution in [-0.4, -0.2) is 55.5 Å². The monoisotopic (exact) mass is 380 g/mol. The van der Waals surface area contributed by atoms with Gasteiger partial charge in [-0.25, -0.2) is 9.50 Å². The molecule has 0 aliphatic carbocycles. The van der Waals surface area contributed by atoms with Gasteiger partial charge in [0.2, 0.25) is 0 Å². The van der Waals surface area contributed by atoms with Crippen molar-refractivity contribution in [3.8, 4) is 11.1 Å². The first-order chi connectivity index (χ1) is 13.6. The number of benzene rings is 1. The normalized spacial score (nSPS) is 23.3. The number of aliphatic hydroxyl groups is 2. The van der Waals surface area contributed by atoms with Gasteiger partial charge in [-0.1, -0.05) is 43.7 Å². The molecular formula is C22H28N4O2. The molecule has 2 N–H and O–H groups in total. The fourth-order valence-electron chi connectivity index (χ4n) is 4.43. The molecule has 1 fully saturated rings. The molecule has 0 bridgehead atoms. The third-order valence-corrected chi connectivity index (χ3v) is 5.93. The predicted octanol–water partition coefficient (Wildman–Crippen LogP) is 2.74. The number of aromatic nitrogens is 3. The lowest BCUT2D eigenvalue weighted by Gasteiger charge is -2.45. The summed E-state index contributed by atoms with van der Waals surface area (Å²) in [4.78, 5) is 6.97. The Labute approximate surface area is 165 Å². The van der Waals surface area contributed by atoms with Crippen LogP contribution in [0.25, 0.3) is 16.8 Å². The molecule has 148 valence electrons. The second kappa shape index (κ2) is 7.99. The Bertz CT molecular complexity index is 927. The first kappa shape index (κ1) is 19.1. The van der Waals surface area contributed by atoms with Gasteiger partial charge < -0.3 is 10.2 Å². The molecule has 0 unspecified atom stereocenters. The first-order valence-corrected chi connectivity index (χ1v) is 10.0. The number of aliphatic hydroxyl groups excluding tert-OH is 2. The molecule has 1 saturated heterocycles. The Morgan fingerprint density at radius 1 is 1.21 bits per heavy atom. The van der Waals surface area contributed by atoms with Gasteiger partial charge in [0.25, 0.3) is 0 Å². The smallest absolute Gasteiger partial charge is 0.162 e. The molecule has 0 spiro atoms. The highest BCUT2D eigenvalue weighted by Crippen LogP contribution is 2.35. The van der Waals surface area contributed by atoms with E-state index in [4.69, 9.17) is 0 Å². The maximum Gasteiger partial charge on any atom is 0.162 e. The largest absolute Gasteiger partial charge is 0.396 e. The van der Waals surface area contributed by atoms with Crippen molar-refractivity contribution in [1.82, 2.24) is 19.5 Å². The second-order valence-electron chi connectivity index (χ2n) is 7.94. The van der Waals surface area contributed by atoms with Gasteiger partial charge in [-0.3, -0.25) is 4.90 Å². The zero-order valence-corrected chi connectivity index (χ0v) is 16.3. The average Bonchev–Trinajstić information content (AvgIpc) is 3.14.